The van der Waals surface area contributed by atoms with Gasteiger partial charge in [-0.25, -0.2) is 0 Å². The van der Waals surface area contributed by atoms with Crippen LogP contribution in [-0.2, 0) is 0 Å². The number of nitrogens with one attached hydrogen (secondary N) is 1. The summed E-state index contributed by atoms with van der Waals surface area (Å²) in [6.07, 6.45) is 3.57. The molecule has 1 aromatic rings. The fourth-order valence-electron chi connectivity index (χ4n) is 3.02. The van der Waals surface area contributed by atoms with Gasteiger partial charge < -0.3 is 5.32 Å². The highest BCUT2D eigenvalue weighted by Gasteiger charge is 2.30. The lowest BCUT2D eigenvalue weighted by Crippen LogP contribution is -2.61. The molecule has 104 valence electrons. The Morgan fingerprint density at radius 3 is 2.42 bits per heavy atom. The van der Waals surface area contributed by atoms with Gasteiger partial charge in [0.1, 0.15) is 0 Å². The number of rotatable bonds is 3. The molecule has 5 heteroatoms. The average Bonchev–Trinajstić information content (AvgIpc) is 2.37. The molecule has 0 amide bonds. The van der Waals surface area contributed by atoms with Crippen molar-refractivity contribution in [2.24, 2.45) is 0 Å². The molecule has 5 nitrogen and oxygen atoms in total. The minimum absolute atomic E-state index is 0.371. The molecule has 19 heavy (non-hydrogen) atoms. The molecule has 0 aromatic carbocycles. The number of aromatic nitrogens is 2. The van der Waals surface area contributed by atoms with Crippen molar-refractivity contribution in [2.45, 2.75) is 25.9 Å². The fourth-order valence-corrected chi connectivity index (χ4v) is 3.02. The molecule has 3 rings (SSSR count). The molecule has 1 N–H and O–H groups in total. The second kappa shape index (κ2) is 5.53. The maximum Gasteiger partial charge on any atom is 0.0784 e. The van der Waals surface area contributed by atoms with Crippen LogP contribution in [0, 0.1) is 6.92 Å². The van der Waals surface area contributed by atoms with Crippen LogP contribution in [0.25, 0.3) is 0 Å². The van der Waals surface area contributed by atoms with Gasteiger partial charge in [-0.2, -0.15) is 0 Å². The van der Waals surface area contributed by atoms with Gasteiger partial charge >= 0.3 is 0 Å². The van der Waals surface area contributed by atoms with Crippen LogP contribution in [0.3, 0.4) is 0 Å². The van der Waals surface area contributed by atoms with E-state index in [1.54, 1.807) is 12.4 Å². The second-order valence-corrected chi connectivity index (χ2v) is 5.59. The summed E-state index contributed by atoms with van der Waals surface area (Å²) >= 11 is 0. The van der Waals surface area contributed by atoms with E-state index in [0.29, 0.717) is 6.04 Å². The van der Waals surface area contributed by atoms with E-state index in [1.165, 1.54) is 26.2 Å². The smallest absolute Gasteiger partial charge is 0.0784 e. The van der Waals surface area contributed by atoms with E-state index in [-0.39, 0.29) is 0 Å². The van der Waals surface area contributed by atoms with Gasteiger partial charge in [-0.3, -0.25) is 19.8 Å². The Morgan fingerprint density at radius 1 is 1.16 bits per heavy atom. The summed E-state index contributed by atoms with van der Waals surface area (Å²) in [6, 6.07) is 1.14. The Morgan fingerprint density at radius 2 is 1.84 bits per heavy atom. The first-order chi connectivity index (χ1) is 9.25. The molecule has 2 aliphatic rings. The zero-order chi connectivity index (χ0) is 13.2. The van der Waals surface area contributed by atoms with Gasteiger partial charge in [0.2, 0.25) is 0 Å². The molecule has 0 aliphatic carbocycles. The van der Waals surface area contributed by atoms with Crippen molar-refractivity contribution < 1.29 is 0 Å². The molecule has 0 spiro atoms. The van der Waals surface area contributed by atoms with Gasteiger partial charge in [0, 0.05) is 57.7 Å². The summed E-state index contributed by atoms with van der Waals surface area (Å²) in [7, 11) is 0. The zero-order valence-corrected chi connectivity index (χ0v) is 11.8. The summed E-state index contributed by atoms with van der Waals surface area (Å²) < 4.78 is 0. The van der Waals surface area contributed by atoms with E-state index in [2.05, 4.69) is 38.9 Å². The molecule has 2 saturated heterocycles. The Balaban J connectivity index is 1.60. The third-order valence-electron chi connectivity index (χ3n) is 4.49. The molecule has 2 aliphatic heterocycles. The summed E-state index contributed by atoms with van der Waals surface area (Å²) in [5.41, 5.74) is 2.18. The lowest BCUT2D eigenvalue weighted by Gasteiger charge is -2.44. The highest BCUT2D eigenvalue weighted by atomic mass is 15.3. The Hall–Kier alpha value is -1.04. The lowest BCUT2D eigenvalue weighted by atomic mass is 10.1. The number of aryl methyl sites for hydroxylation is 1. The molecular weight excluding hydrogens is 238 g/mol. The van der Waals surface area contributed by atoms with Gasteiger partial charge in [0.25, 0.3) is 0 Å². The first-order valence-electron chi connectivity index (χ1n) is 7.22. The van der Waals surface area contributed by atoms with Gasteiger partial charge in [0.05, 0.1) is 17.4 Å². The minimum atomic E-state index is 0.371. The van der Waals surface area contributed by atoms with Crippen molar-refractivity contribution in [3.05, 3.63) is 23.8 Å². The van der Waals surface area contributed by atoms with Crippen LogP contribution in [0.1, 0.15) is 24.4 Å². The van der Waals surface area contributed by atoms with Gasteiger partial charge in [-0.1, -0.05) is 0 Å². The Kier molecular flexibility index (Phi) is 3.77. The fraction of sp³-hybridized carbons (Fsp3) is 0.714. The van der Waals surface area contributed by atoms with Crippen LogP contribution in [0.5, 0.6) is 0 Å². The van der Waals surface area contributed by atoms with Crippen molar-refractivity contribution in [1.82, 2.24) is 25.1 Å². The van der Waals surface area contributed by atoms with Crippen LogP contribution in [-0.4, -0.2) is 65.1 Å². The second-order valence-electron chi connectivity index (χ2n) is 5.59. The number of hydrogen-bond donors (Lipinski definition) is 1. The maximum absolute atomic E-state index is 4.51. The third kappa shape index (κ3) is 2.63. The molecule has 3 heterocycles. The van der Waals surface area contributed by atoms with Crippen LogP contribution in [0.2, 0.25) is 0 Å². The monoisotopic (exact) mass is 261 g/mol. The maximum atomic E-state index is 4.51. The highest BCUT2D eigenvalue weighted by molar-refractivity contribution is 5.13. The molecule has 0 radical (unpaired) electrons. The van der Waals surface area contributed by atoms with E-state index < -0.39 is 0 Å². The van der Waals surface area contributed by atoms with Gasteiger partial charge in [-0.15, -0.1) is 0 Å². The van der Waals surface area contributed by atoms with Crippen molar-refractivity contribution in [3.8, 4) is 0 Å². The van der Waals surface area contributed by atoms with Crippen molar-refractivity contribution >= 4 is 0 Å². The predicted molar refractivity (Wildman–Crippen MR) is 75.0 cm³/mol. The summed E-state index contributed by atoms with van der Waals surface area (Å²) in [6.45, 7) is 11.2. The van der Waals surface area contributed by atoms with Crippen molar-refractivity contribution in [1.29, 1.82) is 0 Å². The first kappa shape index (κ1) is 13.0. The summed E-state index contributed by atoms with van der Waals surface area (Å²) in [5.74, 6) is 0. The lowest BCUT2D eigenvalue weighted by molar-refractivity contribution is 0.0541. The van der Waals surface area contributed by atoms with Crippen LogP contribution in [0.15, 0.2) is 12.4 Å². The Labute approximate surface area is 115 Å². The number of nitrogens with zero attached hydrogens (tertiary/aromatic N) is 4. The number of piperazine rings is 1. The molecule has 1 atom stereocenters. The van der Waals surface area contributed by atoms with Crippen molar-refractivity contribution in [3.63, 3.8) is 0 Å². The van der Waals surface area contributed by atoms with Crippen molar-refractivity contribution in [2.75, 3.05) is 39.3 Å². The normalized spacial score (nSPS) is 24.1. The van der Waals surface area contributed by atoms with Crippen LogP contribution >= 0.6 is 0 Å². The standard InChI is InChI=1S/C14H23N5/c1-11-14(17-4-3-16-11)12(2)18-5-7-19(8-6-18)13-9-15-10-13/h3-4,12-13,15H,5-10H2,1-2H3. The summed E-state index contributed by atoms with van der Waals surface area (Å²) in [4.78, 5) is 14.0. The topological polar surface area (TPSA) is 44.3 Å². The predicted octanol–water partition coefficient (Wildman–Crippen LogP) is 0.435. The van der Waals surface area contributed by atoms with Gasteiger partial charge in [-0.05, 0) is 13.8 Å². The Bertz CT molecular complexity index is 424. The summed E-state index contributed by atoms with van der Waals surface area (Å²) in [5, 5.41) is 3.35. The third-order valence-corrected chi connectivity index (χ3v) is 4.49. The van der Waals surface area contributed by atoms with Gasteiger partial charge in [0.15, 0.2) is 0 Å². The quantitative estimate of drug-likeness (QED) is 0.855. The van der Waals surface area contributed by atoms with Crippen LogP contribution in [0.4, 0.5) is 0 Å². The van der Waals surface area contributed by atoms with Crippen LogP contribution < -0.4 is 5.32 Å². The van der Waals surface area contributed by atoms with E-state index in [4.69, 9.17) is 0 Å². The highest BCUT2D eigenvalue weighted by Crippen LogP contribution is 2.22. The molecule has 0 saturated carbocycles. The SMILES string of the molecule is Cc1nccnc1C(C)N1CCN(C2CNC2)CC1. The number of hydrogen-bond acceptors (Lipinski definition) is 5. The largest absolute Gasteiger partial charge is 0.314 e. The molecule has 1 unspecified atom stereocenters. The minimum Gasteiger partial charge on any atom is -0.314 e. The zero-order valence-electron chi connectivity index (χ0n) is 11.8. The van der Waals surface area contributed by atoms with E-state index in [1.807, 2.05) is 0 Å². The molecule has 2 fully saturated rings. The molecular formula is C14H23N5. The first-order valence-corrected chi connectivity index (χ1v) is 7.22. The molecule has 0 bridgehead atoms. The van der Waals surface area contributed by atoms with E-state index >= 15 is 0 Å². The van der Waals surface area contributed by atoms with E-state index in [0.717, 1.165) is 30.5 Å². The average molecular weight is 261 g/mol. The molecule has 1 aromatic heterocycles. The van der Waals surface area contributed by atoms with E-state index in [9.17, 15) is 0 Å².